The summed E-state index contributed by atoms with van der Waals surface area (Å²) in [6.45, 7) is 24.1. The number of carbonyl (C=O) groups is 2. The molecule has 0 bridgehead atoms. The SMILES string of the molecule is COC1=N[C@@H](C(C)(C)C)N(C(=O)OC(C)(C)C)[C@@H]1C(CC(=O)Oc1c(C(C)(C)C)cc(OC)cc1C(C)(C)C)c1ccccc1. The number of aliphatic imine (C=N–C) groups is 1. The Bertz CT molecular complexity index is 1350. The normalized spacial score (nSPS) is 18.3. The van der Waals surface area contributed by atoms with Crippen molar-refractivity contribution in [3.05, 3.63) is 59.2 Å². The van der Waals surface area contributed by atoms with Gasteiger partial charge in [-0.05, 0) is 49.3 Å². The van der Waals surface area contributed by atoms with Gasteiger partial charge in [0.1, 0.15) is 29.3 Å². The second kappa shape index (κ2) is 13.1. The van der Waals surface area contributed by atoms with Crippen LogP contribution in [0.3, 0.4) is 0 Å². The average Bonchev–Trinajstić information content (AvgIpc) is 3.30. The Kier molecular flexibility index (Phi) is 10.4. The zero-order valence-electron chi connectivity index (χ0n) is 29.8. The maximum absolute atomic E-state index is 14.2. The zero-order valence-corrected chi connectivity index (χ0v) is 29.8. The van der Waals surface area contributed by atoms with E-state index in [1.54, 1.807) is 19.1 Å². The lowest BCUT2D eigenvalue weighted by Gasteiger charge is -2.39. The van der Waals surface area contributed by atoms with E-state index in [0.29, 0.717) is 17.4 Å². The Morgan fingerprint density at radius 2 is 1.36 bits per heavy atom. The highest BCUT2D eigenvalue weighted by molar-refractivity contribution is 5.91. The van der Waals surface area contributed by atoms with Crippen LogP contribution in [-0.2, 0) is 25.1 Å². The number of benzene rings is 2. The molecule has 0 saturated heterocycles. The number of nitrogens with zero attached hydrogens (tertiary/aromatic N) is 2. The van der Waals surface area contributed by atoms with Crippen molar-refractivity contribution < 1.29 is 28.5 Å². The van der Waals surface area contributed by atoms with Gasteiger partial charge in [0.2, 0.25) is 5.90 Å². The van der Waals surface area contributed by atoms with Crippen molar-refractivity contribution in [3.8, 4) is 11.5 Å². The number of amides is 1. The molecule has 3 rings (SSSR count). The van der Waals surface area contributed by atoms with Gasteiger partial charge in [-0.25, -0.2) is 9.79 Å². The van der Waals surface area contributed by atoms with Crippen molar-refractivity contribution >= 4 is 18.0 Å². The Morgan fingerprint density at radius 3 is 1.78 bits per heavy atom. The van der Waals surface area contributed by atoms with Crippen molar-refractivity contribution in [2.75, 3.05) is 14.2 Å². The summed E-state index contributed by atoms with van der Waals surface area (Å²) in [6, 6.07) is 12.9. The lowest BCUT2D eigenvalue weighted by molar-refractivity contribution is -0.135. The maximum Gasteiger partial charge on any atom is 0.412 e. The van der Waals surface area contributed by atoms with Crippen LogP contribution in [0.15, 0.2) is 47.5 Å². The Balaban J connectivity index is 2.17. The van der Waals surface area contributed by atoms with Crippen LogP contribution in [0.2, 0.25) is 0 Å². The maximum atomic E-state index is 14.2. The van der Waals surface area contributed by atoms with Gasteiger partial charge in [-0.15, -0.1) is 0 Å². The van der Waals surface area contributed by atoms with Gasteiger partial charge in [-0.3, -0.25) is 9.69 Å². The molecule has 1 aliphatic heterocycles. The van der Waals surface area contributed by atoms with Gasteiger partial charge >= 0.3 is 12.1 Å². The molecule has 2 aromatic carbocycles. The predicted octanol–water partition coefficient (Wildman–Crippen LogP) is 8.41. The Labute approximate surface area is 270 Å². The second-order valence-corrected chi connectivity index (χ2v) is 16.0. The summed E-state index contributed by atoms with van der Waals surface area (Å²) in [6.07, 6.45) is -1.12. The minimum Gasteiger partial charge on any atom is -0.497 e. The molecule has 0 aliphatic carbocycles. The van der Waals surface area contributed by atoms with Crippen LogP contribution >= 0.6 is 0 Å². The fraction of sp³-hybridized carbons (Fsp3) is 0.595. The molecule has 1 unspecified atom stereocenters. The quantitative estimate of drug-likeness (QED) is 0.238. The third-order valence-corrected chi connectivity index (χ3v) is 7.78. The van der Waals surface area contributed by atoms with Crippen molar-refractivity contribution in [3.63, 3.8) is 0 Å². The summed E-state index contributed by atoms with van der Waals surface area (Å²) in [4.78, 5) is 34.6. The summed E-state index contributed by atoms with van der Waals surface area (Å²) < 4.78 is 23.8. The first-order chi connectivity index (χ1) is 20.6. The van der Waals surface area contributed by atoms with E-state index in [1.807, 2.05) is 84.0 Å². The number of esters is 1. The third kappa shape index (κ3) is 8.59. The summed E-state index contributed by atoms with van der Waals surface area (Å²) in [5.41, 5.74) is 0.759. The molecular formula is C37H54N2O6. The van der Waals surface area contributed by atoms with E-state index in [1.165, 1.54) is 0 Å². The molecule has 0 fully saturated rings. The van der Waals surface area contributed by atoms with E-state index < -0.39 is 41.2 Å². The Hall–Kier alpha value is -3.55. The van der Waals surface area contributed by atoms with Crippen molar-refractivity contribution in [2.24, 2.45) is 10.4 Å². The van der Waals surface area contributed by atoms with Crippen LogP contribution < -0.4 is 9.47 Å². The van der Waals surface area contributed by atoms with Gasteiger partial charge in [-0.1, -0.05) is 92.6 Å². The number of hydrogen-bond donors (Lipinski definition) is 0. The van der Waals surface area contributed by atoms with E-state index in [2.05, 4.69) is 41.5 Å². The molecule has 8 heteroatoms. The van der Waals surface area contributed by atoms with Crippen LogP contribution in [0.4, 0.5) is 4.79 Å². The highest BCUT2D eigenvalue weighted by Crippen LogP contribution is 2.44. The first kappa shape index (κ1) is 35.9. The highest BCUT2D eigenvalue weighted by Gasteiger charge is 2.51. The molecule has 1 aliphatic rings. The minimum absolute atomic E-state index is 0.0353. The number of carbonyl (C=O) groups excluding carboxylic acids is 2. The van der Waals surface area contributed by atoms with Gasteiger partial charge in [0.25, 0.3) is 0 Å². The van der Waals surface area contributed by atoms with E-state index in [0.717, 1.165) is 16.7 Å². The monoisotopic (exact) mass is 622 g/mol. The molecule has 8 nitrogen and oxygen atoms in total. The van der Waals surface area contributed by atoms with E-state index in [-0.39, 0.29) is 17.3 Å². The number of rotatable bonds is 6. The van der Waals surface area contributed by atoms with E-state index in [9.17, 15) is 9.59 Å². The molecule has 248 valence electrons. The third-order valence-electron chi connectivity index (χ3n) is 7.78. The fourth-order valence-electron chi connectivity index (χ4n) is 5.60. The summed E-state index contributed by atoms with van der Waals surface area (Å²) in [7, 11) is 3.19. The molecule has 1 amide bonds. The average molecular weight is 623 g/mol. The Morgan fingerprint density at radius 1 is 0.822 bits per heavy atom. The van der Waals surface area contributed by atoms with Crippen LogP contribution in [0, 0.1) is 5.41 Å². The number of methoxy groups -OCH3 is 2. The van der Waals surface area contributed by atoms with E-state index in [4.69, 9.17) is 23.9 Å². The molecule has 0 aromatic heterocycles. The smallest absolute Gasteiger partial charge is 0.412 e. The van der Waals surface area contributed by atoms with Gasteiger partial charge in [0, 0.05) is 22.5 Å². The molecule has 3 atom stereocenters. The van der Waals surface area contributed by atoms with Crippen LogP contribution in [0.5, 0.6) is 11.5 Å². The molecule has 0 spiro atoms. The summed E-state index contributed by atoms with van der Waals surface area (Å²) in [5, 5.41) is 0. The van der Waals surface area contributed by atoms with E-state index >= 15 is 0 Å². The molecule has 2 aromatic rings. The molecule has 0 N–H and O–H groups in total. The first-order valence-corrected chi connectivity index (χ1v) is 15.7. The van der Waals surface area contributed by atoms with Gasteiger partial charge < -0.3 is 18.9 Å². The lowest BCUT2D eigenvalue weighted by atomic mass is 9.79. The predicted molar refractivity (Wildman–Crippen MR) is 179 cm³/mol. The fourth-order valence-corrected chi connectivity index (χ4v) is 5.60. The largest absolute Gasteiger partial charge is 0.497 e. The van der Waals surface area contributed by atoms with Gasteiger partial charge in [0.15, 0.2) is 0 Å². The highest BCUT2D eigenvalue weighted by atomic mass is 16.6. The van der Waals surface area contributed by atoms with Gasteiger partial charge in [-0.2, -0.15) is 0 Å². The molecule has 0 radical (unpaired) electrons. The van der Waals surface area contributed by atoms with Gasteiger partial charge in [0.05, 0.1) is 20.6 Å². The van der Waals surface area contributed by atoms with Crippen LogP contribution in [-0.4, -0.2) is 54.9 Å². The standard InChI is InChI=1S/C37H54N2O6/c1-34(2,3)26-20-24(42-13)21-27(35(4,5)6)30(26)44-28(40)22-25(23-18-16-15-17-19-23)29-31(43-14)38-32(36(7,8)9)39(29)33(41)45-37(10,11)12/h15-21,25,29,32H,22H2,1-14H3/t25?,29-,32-/m1/s1. The molecular weight excluding hydrogens is 568 g/mol. The molecule has 1 heterocycles. The van der Waals surface area contributed by atoms with Crippen LogP contribution in [0.1, 0.15) is 112 Å². The minimum atomic E-state index is -0.734. The van der Waals surface area contributed by atoms with Crippen molar-refractivity contribution in [2.45, 2.75) is 124 Å². The lowest BCUT2D eigenvalue weighted by Crippen LogP contribution is -2.53. The topological polar surface area (TPSA) is 86.7 Å². The number of ether oxygens (including phenoxy) is 4. The summed E-state index contributed by atoms with van der Waals surface area (Å²) >= 11 is 0. The molecule has 45 heavy (non-hydrogen) atoms. The summed E-state index contributed by atoms with van der Waals surface area (Å²) in [5.74, 6) is 0.657. The second-order valence-electron chi connectivity index (χ2n) is 16.0. The first-order valence-electron chi connectivity index (χ1n) is 15.7. The zero-order chi connectivity index (χ0) is 34.1. The number of hydrogen-bond acceptors (Lipinski definition) is 7. The van der Waals surface area contributed by atoms with Crippen LogP contribution in [0.25, 0.3) is 0 Å². The molecule has 0 saturated carbocycles. The van der Waals surface area contributed by atoms with Crippen molar-refractivity contribution in [1.29, 1.82) is 0 Å². The van der Waals surface area contributed by atoms with Crippen molar-refractivity contribution in [1.82, 2.24) is 4.90 Å².